The van der Waals surface area contributed by atoms with Gasteiger partial charge in [0.1, 0.15) is 0 Å². The lowest BCUT2D eigenvalue weighted by Crippen LogP contribution is -2.11. The number of benzene rings is 2. The van der Waals surface area contributed by atoms with Crippen LogP contribution in [0.3, 0.4) is 0 Å². The Hall–Kier alpha value is -2.77. The van der Waals surface area contributed by atoms with E-state index in [-0.39, 0.29) is 11.9 Å². The highest BCUT2D eigenvalue weighted by molar-refractivity contribution is 7.16. The van der Waals surface area contributed by atoms with E-state index in [0.29, 0.717) is 16.5 Å². The number of carbonyl (C=O) groups is 1. The Morgan fingerprint density at radius 2 is 1.96 bits per heavy atom. The molecule has 0 unspecified atom stereocenters. The fraction of sp³-hybridized carbons (Fsp3) is 0. The molecule has 2 aromatic carbocycles. The van der Waals surface area contributed by atoms with Crippen molar-refractivity contribution < 1.29 is 9.21 Å². The van der Waals surface area contributed by atoms with E-state index in [1.54, 1.807) is 48.0 Å². The first-order chi connectivity index (χ1) is 11.7. The highest BCUT2D eigenvalue weighted by Crippen LogP contribution is 2.23. The van der Waals surface area contributed by atoms with Crippen molar-refractivity contribution in [3.8, 4) is 11.5 Å². The van der Waals surface area contributed by atoms with E-state index >= 15 is 0 Å². The molecule has 0 radical (unpaired) electrons. The van der Waals surface area contributed by atoms with E-state index in [1.807, 2.05) is 0 Å². The second-order valence-corrected chi connectivity index (χ2v) is 6.23. The van der Waals surface area contributed by atoms with Crippen molar-refractivity contribution in [1.29, 1.82) is 0 Å². The van der Waals surface area contributed by atoms with Crippen LogP contribution in [0.4, 0.5) is 6.01 Å². The van der Waals surface area contributed by atoms with Gasteiger partial charge in [-0.05, 0) is 42.5 Å². The first kappa shape index (κ1) is 14.8. The molecule has 0 saturated heterocycles. The molecule has 1 N–H and O–H groups in total. The number of amides is 1. The molecular weight excluding hydrogens is 348 g/mol. The van der Waals surface area contributed by atoms with Crippen molar-refractivity contribution in [2.24, 2.45) is 0 Å². The largest absolute Gasteiger partial charge is 0.403 e. The second kappa shape index (κ2) is 6.03. The first-order valence-electron chi connectivity index (χ1n) is 6.93. The fourth-order valence-electron chi connectivity index (χ4n) is 2.15. The number of hydrogen-bond acceptors (Lipinski definition) is 6. The number of hydrogen-bond donors (Lipinski definition) is 1. The summed E-state index contributed by atoms with van der Waals surface area (Å²) in [6, 6.07) is 12.3. The summed E-state index contributed by atoms with van der Waals surface area (Å²) in [5.41, 5.74) is 3.82. The number of carbonyl (C=O) groups excluding carboxylic acids is 1. The summed E-state index contributed by atoms with van der Waals surface area (Å²) in [7, 11) is 0. The number of nitrogens with one attached hydrogen (secondary N) is 1. The molecule has 0 aliphatic heterocycles. The summed E-state index contributed by atoms with van der Waals surface area (Å²) < 4.78 is 6.41. The van der Waals surface area contributed by atoms with Gasteiger partial charge in [0.05, 0.1) is 15.7 Å². The lowest BCUT2D eigenvalue weighted by molar-refractivity contribution is 0.102. The number of nitrogens with zero attached hydrogens (tertiary/aromatic N) is 3. The van der Waals surface area contributed by atoms with Gasteiger partial charge < -0.3 is 4.42 Å². The average Bonchev–Trinajstić information content (AvgIpc) is 3.24. The van der Waals surface area contributed by atoms with Gasteiger partial charge >= 0.3 is 6.01 Å². The second-order valence-electron chi connectivity index (χ2n) is 4.91. The van der Waals surface area contributed by atoms with E-state index in [0.717, 1.165) is 15.8 Å². The molecule has 0 aliphatic carbocycles. The molecule has 0 bridgehead atoms. The molecule has 2 aromatic heterocycles. The minimum absolute atomic E-state index is 0.0364. The highest BCUT2D eigenvalue weighted by atomic mass is 35.5. The Morgan fingerprint density at radius 3 is 2.79 bits per heavy atom. The van der Waals surface area contributed by atoms with Gasteiger partial charge in [0, 0.05) is 16.1 Å². The maximum Gasteiger partial charge on any atom is 0.322 e. The first-order valence-corrected chi connectivity index (χ1v) is 8.19. The van der Waals surface area contributed by atoms with Gasteiger partial charge in [0.25, 0.3) is 5.91 Å². The fourth-order valence-corrected chi connectivity index (χ4v) is 2.99. The lowest BCUT2D eigenvalue weighted by Gasteiger charge is -2.00. The summed E-state index contributed by atoms with van der Waals surface area (Å²) >= 11 is 7.32. The van der Waals surface area contributed by atoms with E-state index in [4.69, 9.17) is 16.0 Å². The Bertz CT molecular complexity index is 1030. The zero-order chi connectivity index (χ0) is 16.5. The van der Waals surface area contributed by atoms with Crippen LogP contribution in [0.25, 0.3) is 21.7 Å². The predicted molar refractivity (Wildman–Crippen MR) is 92.3 cm³/mol. The maximum absolute atomic E-state index is 12.3. The smallest absolute Gasteiger partial charge is 0.322 e. The molecule has 4 aromatic rings. The van der Waals surface area contributed by atoms with Crippen molar-refractivity contribution >= 4 is 45.1 Å². The zero-order valence-corrected chi connectivity index (χ0v) is 13.6. The zero-order valence-electron chi connectivity index (χ0n) is 12.1. The normalized spacial score (nSPS) is 10.9. The Morgan fingerprint density at radius 1 is 1.12 bits per heavy atom. The number of thiazole rings is 1. The molecule has 24 heavy (non-hydrogen) atoms. The van der Waals surface area contributed by atoms with Gasteiger partial charge in [-0.2, -0.15) is 0 Å². The molecule has 1 amide bonds. The van der Waals surface area contributed by atoms with Crippen LogP contribution in [0.1, 0.15) is 10.4 Å². The van der Waals surface area contributed by atoms with E-state index in [2.05, 4.69) is 20.5 Å². The van der Waals surface area contributed by atoms with Crippen molar-refractivity contribution in [3.63, 3.8) is 0 Å². The third-order valence-corrected chi connectivity index (χ3v) is 4.37. The van der Waals surface area contributed by atoms with Gasteiger partial charge in [0.15, 0.2) is 0 Å². The summed E-state index contributed by atoms with van der Waals surface area (Å²) in [5, 5.41) is 11.0. The Labute approximate surface area is 145 Å². The minimum atomic E-state index is -0.323. The van der Waals surface area contributed by atoms with Crippen LogP contribution in [-0.4, -0.2) is 21.1 Å². The monoisotopic (exact) mass is 356 g/mol. The Kier molecular flexibility index (Phi) is 3.72. The maximum atomic E-state index is 12.3. The molecule has 8 heteroatoms. The molecule has 0 aliphatic rings. The number of fused-ring (bicyclic) bond motifs is 1. The van der Waals surface area contributed by atoms with Crippen molar-refractivity contribution in [2.45, 2.75) is 0 Å². The molecule has 0 spiro atoms. The van der Waals surface area contributed by atoms with Crippen LogP contribution in [0.2, 0.25) is 5.02 Å². The summed E-state index contributed by atoms with van der Waals surface area (Å²) in [6.07, 6.45) is 0. The summed E-state index contributed by atoms with van der Waals surface area (Å²) in [4.78, 5) is 16.5. The van der Waals surface area contributed by atoms with Crippen LogP contribution in [-0.2, 0) is 0 Å². The summed E-state index contributed by atoms with van der Waals surface area (Å²) in [6.45, 7) is 0. The quantitative estimate of drug-likeness (QED) is 0.593. The number of rotatable bonds is 3. The van der Waals surface area contributed by atoms with Crippen molar-refractivity contribution in [2.75, 3.05) is 5.32 Å². The topological polar surface area (TPSA) is 80.9 Å². The third-order valence-electron chi connectivity index (χ3n) is 3.33. The molecule has 118 valence electrons. The summed E-state index contributed by atoms with van der Waals surface area (Å²) in [5.74, 6) is -0.0171. The third kappa shape index (κ3) is 2.86. The van der Waals surface area contributed by atoms with Gasteiger partial charge in [-0.3, -0.25) is 10.1 Å². The number of halogens is 1. The molecule has 6 nitrogen and oxygen atoms in total. The van der Waals surface area contributed by atoms with Gasteiger partial charge in [-0.15, -0.1) is 16.4 Å². The number of anilines is 1. The van der Waals surface area contributed by atoms with Crippen LogP contribution in [0.5, 0.6) is 0 Å². The average molecular weight is 357 g/mol. The van der Waals surface area contributed by atoms with E-state index < -0.39 is 0 Å². The van der Waals surface area contributed by atoms with Crippen LogP contribution in [0, 0.1) is 0 Å². The van der Waals surface area contributed by atoms with Gasteiger partial charge in [0.2, 0.25) is 5.89 Å². The van der Waals surface area contributed by atoms with Crippen molar-refractivity contribution in [3.05, 3.63) is 58.6 Å². The molecule has 0 fully saturated rings. The lowest BCUT2D eigenvalue weighted by atomic mass is 10.2. The van der Waals surface area contributed by atoms with Crippen LogP contribution >= 0.6 is 22.9 Å². The molecule has 4 rings (SSSR count). The molecule has 2 heterocycles. The van der Waals surface area contributed by atoms with Crippen LogP contribution < -0.4 is 5.32 Å². The van der Waals surface area contributed by atoms with Crippen LogP contribution in [0.15, 0.2) is 52.4 Å². The van der Waals surface area contributed by atoms with E-state index in [1.165, 1.54) is 11.3 Å². The molecular formula is C16H9ClN4O2S. The predicted octanol–water partition coefficient (Wildman–Crippen LogP) is 4.25. The Balaban J connectivity index is 1.54. The highest BCUT2D eigenvalue weighted by Gasteiger charge is 2.13. The minimum Gasteiger partial charge on any atom is -0.403 e. The molecule has 0 saturated carbocycles. The number of aromatic nitrogens is 3. The SMILES string of the molecule is O=C(Nc1nnc(-c2ccc(Cl)cc2)o1)c1ccc2ncsc2c1. The standard InChI is InChI=1S/C16H9ClN4O2S/c17-11-4-1-9(2-5-11)15-20-21-16(23-15)19-14(22)10-3-6-12-13(7-10)24-8-18-12/h1-8H,(H,19,21,22). The van der Waals surface area contributed by atoms with Gasteiger partial charge in [-0.25, -0.2) is 4.98 Å². The van der Waals surface area contributed by atoms with Gasteiger partial charge in [-0.1, -0.05) is 16.7 Å². The van der Waals surface area contributed by atoms with E-state index in [9.17, 15) is 4.79 Å². The van der Waals surface area contributed by atoms with Crippen molar-refractivity contribution in [1.82, 2.24) is 15.2 Å². The molecule has 0 atom stereocenters.